The molecule has 0 heterocycles. The Bertz CT molecular complexity index is 1140. The summed E-state index contributed by atoms with van der Waals surface area (Å²) >= 11 is 0. The molecule has 0 N–H and O–H groups in total. The fourth-order valence-corrected chi connectivity index (χ4v) is 4.78. The van der Waals surface area contributed by atoms with Gasteiger partial charge >= 0.3 is 17.9 Å². The Kier molecular flexibility index (Phi) is 14.4. The molecule has 0 aliphatic heterocycles. The number of unbranched alkanes of at least 4 members (excludes halogenated alkanes) is 3. The Morgan fingerprint density at radius 1 is 0.810 bits per heavy atom. The lowest BCUT2D eigenvalue weighted by Gasteiger charge is -2.27. The van der Waals surface area contributed by atoms with Crippen molar-refractivity contribution < 1.29 is 33.3 Å². The Hall–Kier alpha value is -3.87. The van der Waals surface area contributed by atoms with E-state index in [2.05, 4.69) is 13.5 Å². The number of esters is 3. The van der Waals surface area contributed by atoms with E-state index in [0.717, 1.165) is 55.6 Å². The maximum atomic E-state index is 12.3. The molecule has 0 spiro atoms. The second kappa shape index (κ2) is 18.5. The van der Waals surface area contributed by atoms with Gasteiger partial charge in [0.2, 0.25) is 0 Å². The molecule has 1 fully saturated rings. The third kappa shape index (κ3) is 12.8. The molecule has 0 saturated heterocycles. The van der Waals surface area contributed by atoms with Gasteiger partial charge in [-0.2, -0.15) is 0 Å². The molecule has 42 heavy (non-hydrogen) atoms. The van der Waals surface area contributed by atoms with Gasteiger partial charge < -0.3 is 18.9 Å². The monoisotopic (exact) mass is 576 g/mol. The molecule has 226 valence electrons. The highest BCUT2D eigenvalue weighted by atomic mass is 16.5. The molecular formula is C35H44O7. The lowest BCUT2D eigenvalue weighted by Crippen LogP contribution is -2.23. The maximum absolute atomic E-state index is 12.3. The van der Waals surface area contributed by atoms with Crippen LogP contribution in [-0.4, -0.2) is 37.7 Å². The molecule has 0 atom stereocenters. The molecule has 0 unspecified atom stereocenters. The first-order valence-electron chi connectivity index (χ1n) is 15.1. The second-order valence-electron chi connectivity index (χ2n) is 10.8. The van der Waals surface area contributed by atoms with Gasteiger partial charge in [-0.3, -0.25) is 4.79 Å². The van der Waals surface area contributed by atoms with Crippen LogP contribution < -0.4 is 9.47 Å². The summed E-state index contributed by atoms with van der Waals surface area (Å²) in [7, 11) is 0. The average Bonchev–Trinajstić information content (AvgIpc) is 3.02. The molecule has 0 aromatic heterocycles. The standard InChI is InChI=1S/C35H44O7/c1-3-5-6-7-24-39-31-18-12-27(13-19-31)17-23-35(38)42-32-20-14-28(15-21-32)16-22-34(37)41-26-30-10-8-29(9-11-30)25-40-33(36)4-2/h4,12-16,18-22,29-30H,2-3,5-11,17,23-26H2,1H3. The number of hydrogen-bond donors (Lipinski definition) is 0. The summed E-state index contributed by atoms with van der Waals surface area (Å²) in [4.78, 5) is 35.7. The van der Waals surface area contributed by atoms with Crippen LogP contribution in [0.15, 0.2) is 67.3 Å². The summed E-state index contributed by atoms with van der Waals surface area (Å²) in [6, 6.07) is 14.8. The zero-order chi connectivity index (χ0) is 30.0. The third-order valence-corrected chi connectivity index (χ3v) is 7.39. The van der Waals surface area contributed by atoms with E-state index in [9.17, 15) is 14.4 Å². The van der Waals surface area contributed by atoms with Gasteiger partial charge in [-0.15, -0.1) is 0 Å². The minimum atomic E-state index is -0.390. The predicted octanol–water partition coefficient (Wildman–Crippen LogP) is 7.28. The van der Waals surface area contributed by atoms with Crippen molar-refractivity contribution in [1.82, 2.24) is 0 Å². The van der Waals surface area contributed by atoms with Crippen LogP contribution in [0.3, 0.4) is 0 Å². The number of carbonyl (C=O) groups is 3. The molecule has 7 heteroatoms. The molecule has 0 radical (unpaired) electrons. The normalized spacial score (nSPS) is 16.5. The van der Waals surface area contributed by atoms with Gasteiger partial charge in [0, 0.05) is 18.6 Å². The smallest absolute Gasteiger partial charge is 0.330 e. The van der Waals surface area contributed by atoms with E-state index < -0.39 is 0 Å². The fraction of sp³-hybridized carbons (Fsp3) is 0.457. The molecule has 2 aromatic rings. The number of benzene rings is 2. The molecule has 7 nitrogen and oxygen atoms in total. The van der Waals surface area contributed by atoms with E-state index in [-0.39, 0.29) is 24.3 Å². The van der Waals surface area contributed by atoms with Gasteiger partial charge in [-0.25, -0.2) is 9.59 Å². The topological polar surface area (TPSA) is 88.1 Å². The highest BCUT2D eigenvalue weighted by Crippen LogP contribution is 2.29. The van der Waals surface area contributed by atoms with Crippen LogP contribution in [0.1, 0.15) is 75.8 Å². The Morgan fingerprint density at radius 3 is 2.05 bits per heavy atom. The second-order valence-corrected chi connectivity index (χ2v) is 10.8. The summed E-state index contributed by atoms with van der Waals surface area (Å²) < 4.78 is 21.8. The van der Waals surface area contributed by atoms with Crippen molar-refractivity contribution in [3.63, 3.8) is 0 Å². The van der Waals surface area contributed by atoms with Crippen LogP contribution >= 0.6 is 0 Å². The Morgan fingerprint density at radius 2 is 1.43 bits per heavy atom. The number of carbonyl (C=O) groups excluding carboxylic acids is 3. The molecule has 3 rings (SSSR count). The summed E-state index contributed by atoms with van der Waals surface area (Å²) in [5, 5.41) is 0. The van der Waals surface area contributed by atoms with Crippen LogP contribution in [0, 0.1) is 11.8 Å². The molecule has 1 saturated carbocycles. The minimum Gasteiger partial charge on any atom is -0.494 e. The van der Waals surface area contributed by atoms with Crippen molar-refractivity contribution in [3.05, 3.63) is 78.4 Å². The summed E-state index contributed by atoms with van der Waals surface area (Å²) in [5.74, 6) is 0.905. The van der Waals surface area contributed by atoms with Gasteiger partial charge in [0.05, 0.1) is 19.8 Å². The molecule has 2 aromatic carbocycles. The fourth-order valence-electron chi connectivity index (χ4n) is 4.78. The first kappa shape index (κ1) is 32.6. The zero-order valence-electron chi connectivity index (χ0n) is 24.8. The first-order valence-corrected chi connectivity index (χ1v) is 15.1. The SMILES string of the molecule is C=CC(=O)OCC1CCC(COC(=O)C=Cc2ccc(OC(=O)CCc3ccc(OCCCCCC)cc3)cc2)CC1. The molecule has 1 aliphatic carbocycles. The number of rotatable bonds is 17. The van der Waals surface area contributed by atoms with Gasteiger partial charge in [0.15, 0.2) is 0 Å². The van der Waals surface area contributed by atoms with E-state index in [1.807, 2.05) is 24.3 Å². The lowest BCUT2D eigenvalue weighted by molar-refractivity contribution is -0.141. The average molecular weight is 577 g/mol. The van der Waals surface area contributed by atoms with Crippen molar-refractivity contribution in [1.29, 1.82) is 0 Å². The van der Waals surface area contributed by atoms with Crippen molar-refractivity contribution in [2.24, 2.45) is 11.8 Å². The van der Waals surface area contributed by atoms with Crippen LogP contribution in [0.5, 0.6) is 11.5 Å². The van der Waals surface area contributed by atoms with Crippen molar-refractivity contribution in [2.75, 3.05) is 19.8 Å². The first-order chi connectivity index (χ1) is 20.4. The highest BCUT2D eigenvalue weighted by Gasteiger charge is 2.23. The van der Waals surface area contributed by atoms with Crippen molar-refractivity contribution >= 4 is 24.0 Å². The van der Waals surface area contributed by atoms with Gasteiger partial charge in [0.25, 0.3) is 0 Å². The van der Waals surface area contributed by atoms with E-state index in [1.54, 1.807) is 30.3 Å². The maximum Gasteiger partial charge on any atom is 0.330 e. The number of aryl methyl sites for hydroxylation is 1. The van der Waals surface area contributed by atoms with Gasteiger partial charge in [-0.05, 0) is 91.8 Å². The third-order valence-electron chi connectivity index (χ3n) is 7.39. The quantitative estimate of drug-likeness (QED) is 0.0846. The number of hydrogen-bond acceptors (Lipinski definition) is 7. The van der Waals surface area contributed by atoms with Crippen LogP contribution in [0.2, 0.25) is 0 Å². The lowest BCUT2D eigenvalue weighted by atomic mass is 9.83. The van der Waals surface area contributed by atoms with E-state index in [4.69, 9.17) is 18.9 Å². The summed E-state index contributed by atoms with van der Waals surface area (Å²) in [6.07, 6.45) is 13.6. The van der Waals surface area contributed by atoms with E-state index in [0.29, 0.717) is 37.2 Å². The summed E-state index contributed by atoms with van der Waals surface area (Å²) in [5.41, 5.74) is 1.85. The van der Waals surface area contributed by atoms with Crippen molar-refractivity contribution in [3.8, 4) is 11.5 Å². The van der Waals surface area contributed by atoms with E-state index >= 15 is 0 Å². The molecule has 0 bridgehead atoms. The number of ether oxygens (including phenoxy) is 4. The molecule has 1 aliphatic rings. The largest absolute Gasteiger partial charge is 0.494 e. The van der Waals surface area contributed by atoms with E-state index in [1.165, 1.54) is 31.4 Å². The Balaban J connectivity index is 1.30. The Labute approximate surface area is 249 Å². The molecule has 0 amide bonds. The van der Waals surface area contributed by atoms with Gasteiger partial charge in [-0.1, -0.05) is 57.0 Å². The van der Waals surface area contributed by atoms with Crippen LogP contribution in [-0.2, 0) is 30.3 Å². The van der Waals surface area contributed by atoms with Gasteiger partial charge in [0.1, 0.15) is 11.5 Å². The predicted molar refractivity (Wildman–Crippen MR) is 163 cm³/mol. The highest BCUT2D eigenvalue weighted by molar-refractivity contribution is 5.87. The minimum absolute atomic E-state index is 0.273. The van der Waals surface area contributed by atoms with Crippen molar-refractivity contribution in [2.45, 2.75) is 71.1 Å². The zero-order valence-corrected chi connectivity index (χ0v) is 24.8. The van der Waals surface area contributed by atoms with Crippen LogP contribution in [0.4, 0.5) is 0 Å². The van der Waals surface area contributed by atoms with Crippen LogP contribution in [0.25, 0.3) is 6.08 Å². The molecular weight excluding hydrogens is 532 g/mol. The summed E-state index contributed by atoms with van der Waals surface area (Å²) in [6.45, 7) is 7.12.